The number of aliphatic carboxylic acids is 1. The van der Waals surface area contributed by atoms with Crippen molar-refractivity contribution in [3.05, 3.63) is 35.9 Å². The summed E-state index contributed by atoms with van der Waals surface area (Å²) in [6, 6.07) is 10.1. The van der Waals surface area contributed by atoms with Gasteiger partial charge in [-0.15, -0.1) is 0 Å². The molecule has 1 amide bonds. The first-order valence-electron chi connectivity index (χ1n) is 7.29. The molecule has 2 N–H and O–H groups in total. The topological polar surface area (TPSA) is 75.6 Å². The van der Waals surface area contributed by atoms with Gasteiger partial charge in [0.1, 0.15) is 6.10 Å². The number of ether oxygens (including phenoxy) is 1. The van der Waals surface area contributed by atoms with Gasteiger partial charge in [0.2, 0.25) is 5.91 Å². The van der Waals surface area contributed by atoms with Crippen molar-refractivity contribution in [3.63, 3.8) is 0 Å². The maximum absolute atomic E-state index is 12.0. The minimum Gasteiger partial charge on any atom is -0.479 e. The summed E-state index contributed by atoms with van der Waals surface area (Å²) >= 11 is 0. The second kappa shape index (κ2) is 7.22. The van der Waals surface area contributed by atoms with Crippen molar-refractivity contribution < 1.29 is 19.4 Å². The molecule has 3 atom stereocenters. The van der Waals surface area contributed by atoms with Crippen LogP contribution in [-0.4, -0.2) is 35.2 Å². The molecule has 1 aliphatic heterocycles. The maximum Gasteiger partial charge on any atom is 0.332 e. The van der Waals surface area contributed by atoms with E-state index in [1.54, 1.807) is 0 Å². The summed E-state index contributed by atoms with van der Waals surface area (Å²) in [4.78, 5) is 22.8. The van der Waals surface area contributed by atoms with E-state index in [9.17, 15) is 9.59 Å². The van der Waals surface area contributed by atoms with Gasteiger partial charge >= 0.3 is 5.97 Å². The summed E-state index contributed by atoms with van der Waals surface area (Å²) in [6.07, 6.45) is 1.11. The number of carbonyl (C=O) groups is 2. The van der Waals surface area contributed by atoms with Crippen LogP contribution in [0.1, 0.15) is 31.7 Å². The van der Waals surface area contributed by atoms with Crippen molar-refractivity contribution in [2.24, 2.45) is 0 Å². The summed E-state index contributed by atoms with van der Waals surface area (Å²) in [6.45, 7) is 1.95. The molecule has 21 heavy (non-hydrogen) atoms. The highest BCUT2D eigenvalue weighted by molar-refractivity contribution is 5.82. The molecule has 1 aromatic carbocycles. The van der Waals surface area contributed by atoms with Gasteiger partial charge in [-0.3, -0.25) is 4.79 Å². The fourth-order valence-electron chi connectivity index (χ4n) is 2.45. The van der Waals surface area contributed by atoms with Gasteiger partial charge in [0, 0.05) is 6.04 Å². The number of hydrogen-bond acceptors (Lipinski definition) is 3. The first-order valence-corrected chi connectivity index (χ1v) is 7.29. The normalized spacial score (nSPS) is 22.7. The molecule has 5 nitrogen and oxygen atoms in total. The SMILES string of the molecule is CC(CCc1ccccc1)NC(=O)C1CCC(C(=O)O)O1. The van der Waals surface area contributed by atoms with Gasteiger partial charge in [-0.2, -0.15) is 0 Å². The third kappa shape index (κ3) is 4.56. The van der Waals surface area contributed by atoms with E-state index in [4.69, 9.17) is 9.84 Å². The molecular weight excluding hydrogens is 270 g/mol. The van der Waals surface area contributed by atoms with Gasteiger partial charge in [-0.05, 0) is 38.2 Å². The monoisotopic (exact) mass is 291 g/mol. The predicted octanol–water partition coefficient (Wildman–Crippen LogP) is 1.76. The van der Waals surface area contributed by atoms with Gasteiger partial charge in [-0.1, -0.05) is 30.3 Å². The highest BCUT2D eigenvalue weighted by Gasteiger charge is 2.34. The first-order chi connectivity index (χ1) is 10.1. The number of carboxylic acid groups (broad SMARTS) is 1. The van der Waals surface area contributed by atoms with Gasteiger partial charge in [0.05, 0.1) is 0 Å². The Balaban J connectivity index is 1.74. The molecule has 1 heterocycles. The quantitative estimate of drug-likeness (QED) is 0.837. The highest BCUT2D eigenvalue weighted by Crippen LogP contribution is 2.20. The van der Waals surface area contributed by atoms with Gasteiger partial charge in [0.25, 0.3) is 0 Å². The Labute approximate surface area is 124 Å². The molecule has 1 saturated heterocycles. The Morgan fingerprint density at radius 3 is 2.57 bits per heavy atom. The van der Waals surface area contributed by atoms with E-state index in [1.807, 2.05) is 25.1 Å². The molecule has 0 radical (unpaired) electrons. The van der Waals surface area contributed by atoms with Crippen LogP contribution in [0.5, 0.6) is 0 Å². The van der Waals surface area contributed by atoms with Crippen LogP contribution in [0.25, 0.3) is 0 Å². The molecule has 2 rings (SSSR count). The molecule has 0 aromatic heterocycles. The van der Waals surface area contributed by atoms with Crippen LogP contribution in [0.3, 0.4) is 0 Å². The van der Waals surface area contributed by atoms with E-state index in [0.29, 0.717) is 12.8 Å². The Morgan fingerprint density at radius 1 is 1.29 bits per heavy atom. The average Bonchev–Trinajstić information content (AvgIpc) is 2.96. The fraction of sp³-hybridized carbons (Fsp3) is 0.500. The number of amides is 1. The second-order valence-corrected chi connectivity index (χ2v) is 5.46. The van der Waals surface area contributed by atoms with Crippen LogP contribution in [0.15, 0.2) is 30.3 Å². The van der Waals surface area contributed by atoms with Crippen molar-refractivity contribution in [3.8, 4) is 0 Å². The van der Waals surface area contributed by atoms with E-state index >= 15 is 0 Å². The van der Waals surface area contributed by atoms with Crippen LogP contribution >= 0.6 is 0 Å². The lowest BCUT2D eigenvalue weighted by Gasteiger charge is -2.17. The van der Waals surface area contributed by atoms with E-state index in [2.05, 4.69) is 17.4 Å². The van der Waals surface area contributed by atoms with Crippen LogP contribution < -0.4 is 5.32 Å². The van der Waals surface area contributed by atoms with Crippen molar-refractivity contribution in [2.75, 3.05) is 0 Å². The Morgan fingerprint density at radius 2 is 1.95 bits per heavy atom. The van der Waals surface area contributed by atoms with Crippen molar-refractivity contribution in [2.45, 2.75) is 50.9 Å². The summed E-state index contributed by atoms with van der Waals surface area (Å²) in [7, 11) is 0. The Bertz CT molecular complexity index is 488. The summed E-state index contributed by atoms with van der Waals surface area (Å²) < 4.78 is 5.24. The molecule has 3 unspecified atom stereocenters. The third-order valence-electron chi connectivity index (χ3n) is 3.68. The minimum absolute atomic E-state index is 0.0326. The number of hydrogen-bond donors (Lipinski definition) is 2. The van der Waals surface area contributed by atoms with Crippen LogP contribution in [0, 0.1) is 0 Å². The minimum atomic E-state index is -0.998. The lowest BCUT2D eigenvalue weighted by atomic mass is 10.1. The number of carboxylic acids is 1. The largest absolute Gasteiger partial charge is 0.479 e. The lowest BCUT2D eigenvalue weighted by molar-refractivity contribution is -0.151. The number of aryl methyl sites for hydroxylation is 1. The molecule has 0 aliphatic carbocycles. The van der Waals surface area contributed by atoms with Crippen molar-refractivity contribution in [1.29, 1.82) is 0 Å². The molecule has 1 fully saturated rings. The lowest BCUT2D eigenvalue weighted by Crippen LogP contribution is -2.40. The van der Waals surface area contributed by atoms with E-state index in [0.717, 1.165) is 12.8 Å². The van der Waals surface area contributed by atoms with Crippen LogP contribution in [-0.2, 0) is 20.7 Å². The van der Waals surface area contributed by atoms with E-state index < -0.39 is 18.2 Å². The van der Waals surface area contributed by atoms with Gasteiger partial charge in [0.15, 0.2) is 6.10 Å². The van der Waals surface area contributed by atoms with Crippen molar-refractivity contribution in [1.82, 2.24) is 5.32 Å². The molecule has 1 aliphatic rings. The van der Waals surface area contributed by atoms with Crippen LogP contribution in [0.4, 0.5) is 0 Å². The maximum atomic E-state index is 12.0. The summed E-state index contributed by atoms with van der Waals surface area (Å²) in [5.74, 6) is -1.21. The van der Waals surface area contributed by atoms with Gasteiger partial charge in [-0.25, -0.2) is 4.79 Å². The first kappa shape index (κ1) is 15.5. The zero-order chi connectivity index (χ0) is 15.2. The number of rotatable bonds is 6. The average molecular weight is 291 g/mol. The predicted molar refractivity (Wildman–Crippen MR) is 77.9 cm³/mol. The third-order valence-corrected chi connectivity index (χ3v) is 3.68. The van der Waals surface area contributed by atoms with Gasteiger partial charge < -0.3 is 15.2 Å². The molecule has 5 heteroatoms. The Kier molecular flexibility index (Phi) is 5.33. The van der Waals surface area contributed by atoms with Crippen molar-refractivity contribution >= 4 is 11.9 Å². The highest BCUT2D eigenvalue weighted by atomic mass is 16.5. The smallest absolute Gasteiger partial charge is 0.332 e. The zero-order valence-electron chi connectivity index (χ0n) is 12.1. The fourth-order valence-corrected chi connectivity index (χ4v) is 2.45. The van der Waals surface area contributed by atoms with E-state index in [-0.39, 0.29) is 11.9 Å². The summed E-state index contributed by atoms with van der Waals surface area (Å²) in [5.41, 5.74) is 1.24. The molecule has 1 aromatic rings. The second-order valence-electron chi connectivity index (χ2n) is 5.46. The molecule has 0 bridgehead atoms. The van der Waals surface area contributed by atoms with E-state index in [1.165, 1.54) is 5.56 Å². The Hall–Kier alpha value is -1.88. The number of carbonyl (C=O) groups excluding carboxylic acids is 1. The number of benzene rings is 1. The number of nitrogens with one attached hydrogen (secondary N) is 1. The molecule has 114 valence electrons. The standard InChI is InChI=1S/C16H21NO4/c1-11(7-8-12-5-3-2-4-6-12)17-15(18)13-9-10-14(21-13)16(19)20/h2-6,11,13-14H,7-10H2,1H3,(H,17,18)(H,19,20). The molecular formula is C16H21NO4. The molecule has 0 spiro atoms. The summed E-state index contributed by atoms with van der Waals surface area (Å²) in [5, 5.41) is 11.7. The molecule has 0 saturated carbocycles. The van der Waals surface area contributed by atoms with Crippen LogP contribution in [0.2, 0.25) is 0 Å². The zero-order valence-corrected chi connectivity index (χ0v) is 12.1.